The van der Waals surface area contributed by atoms with Gasteiger partial charge in [0.05, 0.1) is 23.4 Å². The second-order valence-electron chi connectivity index (χ2n) is 5.28. The molecule has 0 saturated heterocycles. The van der Waals surface area contributed by atoms with E-state index in [-0.39, 0.29) is 11.3 Å². The van der Waals surface area contributed by atoms with Crippen LogP contribution in [0.2, 0.25) is 0 Å². The number of nitrogens with zero attached hydrogens (tertiary/aromatic N) is 3. The molecule has 0 atom stereocenters. The number of carbonyl (C=O) groups excluding carboxylic acids is 1. The lowest BCUT2D eigenvalue weighted by atomic mass is 10.1. The zero-order valence-corrected chi connectivity index (χ0v) is 14.5. The van der Waals surface area contributed by atoms with Crippen molar-refractivity contribution in [2.75, 3.05) is 5.32 Å². The van der Waals surface area contributed by atoms with Gasteiger partial charge in [0.15, 0.2) is 0 Å². The summed E-state index contributed by atoms with van der Waals surface area (Å²) in [6.07, 6.45) is 3.18. The molecular formula is C17H13BrN4O3. The fraction of sp³-hybridized carbons (Fsp3) is 0.0588. The van der Waals surface area contributed by atoms with E-state index in [9.17, 15) is 14.9 Å². The number of hydrogen-bond donors (Lipinski definition) is 1. The molecule has 126 valence electrons. The molecule has 2 aromatic carbocycles. The van der Waals surface area contributed by atoms with Crippen LogP contribution < -0.4 is 5.32 Å². The summed E-state index contributed by atoms with van der Waals surface area (Å²) < 4.78 is 2.67. The van der Waals surface area contributed by atoms with Crippen LogP contribution in [0, 0.1) is 10.1 Å². The number of nitrogens with one attached hydrogen (secondary N) is 1. The molecule has 1 amide bonds. The number of anilines is 1. The Morgan fingerprint density at radius 3 is 2.64 bits per heavy atom. The maximum absolute atomic E-state index is 12.3. The Morgan fingerprint density at radius 1 is 1.20 bits per heavy atom. The number of halogens is 1. The predicted molar refractivity (Wildman–Crippen MR) is 96.5 cm³/mol. The summed E-state index contributed by atoms with van der Waals surface area (Å²) in [5.74, 6) is -0.546. The third-order valence-electron chi connectivity index (χ3n) is 3.49. The summed E-state index contributed by atoms with van der Waals surface area (Å²) in [5, 5.41) is 17.8. The number of nitro benzene ring substituents is 1. The Bertz CT molecular complexity index is 922. The van der Waals surface area contributed by atoms with Crippen LogP contribution in [0.25, 0.3) is 0 Å². The van der Waals surface area contributed by atoms with E-state index in [0.29, 0.717) is 12.2 Å². The lowest BCUT2D eigenvalue weighted by molar-refractivity contribution is -0.385. The van der Waals surface area contributed by atoms with Crippen LogP contribution in [-0.4, -0.2) is 20.6 Å². The molecule has 8 heteroatoms. The number of hydrogen-bond acceptors (Lipinski definition) is 4. The minimum Gasteiger partial charge on any atom is -0.319 e. The van der Waals surface area contributed by atoms with Gasteiger partial charge in [-0.2, -0.15) is 5.10 Å². The van der Waals surface area contributed by atoms with Crippen molar-refractivity contribution in [2.45, 2.75) is 6.54 Å². The van der Waals surface area contributed by atoms with Crippen molar-refractivity contribution < 1.29 is 9.72 Å². The van der Waals surface area contributed by atoms with E-state index in [1.165, 1.54) is 24.4 Å². The summed E-state index contributed by atoms with van der Waals surface area (Å²) in [7, 11) is 0. The van der Waals surface area contributed by atoms with Crippen LogP contribution in [0.15, 0.2) is 65.4 Å². The van der Waals surface area contributed by atoms with Crippen LogP contribution in [0.1, 0.15) is 15.9 Å². The normalized spacial score (nSPS) is 10.4. The summed E-state index contributed by atoms with van der Waals surface area (Å²) in [6, 6.07) is 13.6. The van der Waals surface area contributed by atoms with Gasteiger partial charge in [-0.3, -0.25) is 19.6 Å². The van der Waals surface area contributed by atoms with E-state index in [4.69, 9.17) is 0 Å². The van der Waals surface area contributed by atoms with Gasteiger partial charge < -0.3 is 5.32 Å². The number of nitro groups is 1. The molecule has 0 bridgehead atoms. The fourth-order valence-corrected chi connectivity index (χ4v) is 2.58. The average molecular weight is 401 g/mol. The summed E-state index contributed by atoms with van der Waals surface area (Å²) >= 11 is 3.38. The molecule has 0 spiro atoms. The van der Waals surface area contributed by atoms with Crippen LogP contribution in [0.5, 0.6) is 0 Å². The second kappa shape index (κ2) is 7.27. The minimum atomic E-state index is -0.578. The third-order valence-corrected chi connectivity index (χ3v) is 4.02. The SMILES string of the molecule is O=C(Nc1cnn(Cc2ccc(Br)cc2)c1)c1ccccc1[N+](=O)[O-]. The van der Waals surface area contributed by atoms with Gasteiger partial charge in [0.25, 0.3) is 11.6 Å². The highest BCUT2D eigenvalue weighted by atomic mass is 79.9. The first kappa shape index (κ1) is 16.8. The van der Waals surface area contributed by atoms with Gasteiger partial charge in [-0.1, -0.05) is 40.2 Å². The predicted octanol–water partition coefficient (Wildman–Crippen LogP) is 3.85. The molecule has 1 aromatic heterocycles. The standard InChI is InChI=1S/C17H13BrN4O3/c18-13-7-5-12(6-8-13)10-21-11-14(9-19-21)20-17(23)15-3-1-2-4-16(15)22(24)25/h1-9,11H,10H2,(H,20,23). The van der Waals surface area contributed by atoms with Gasteiger partial charge in [-0.05, 0) is 23.8 Å². The Kier molecular flexibility index (Phi) is 4.90. The molecular weight excluding hydrogens is 388 g/mol. The fourth-order valence-electron chi connectivity index (χ4n) is 2.31. The monoisotopic (exact) mass is 400 g/mol. The van der Waals surface area contributed by atoms with Crippen LogP contribution >= 0.6 is 15.9 Å². The third kappa shape index (κ3) is 4.10. The average Bonchev–Trinajstić information content (AvgIpc) is 3.03. The Labute approximate surface area is 151 Å². The van der Waals surface area contributed by atoms with Gasteiger partial charge in [0.2, 0.25) is 0 Å². The molecule has 0 unspecified atom stereocenters. The van der Waals surface area contributed by atoms with E-state index in [2.05, 4.69) is 26.3 Å². The van der Waals surface area contributed by atoms with Crippen molar-refractivity contribution in [3.05, 3.63) is 86.6 Å². The molecule has 3 rings (SSSR count). The first-order valence-corrected chi connectivity index (χ1v) is 8.14. The van der Waals surface area contributed by atoms with Crippen molar-refractivity contribution in [3.8, 4) is 0 Å². The van der Waals surface area contributed by atoms with Gasteiger partial charge in [-0.25, -0.2) is 0 Å². The van der Waals surface area contributed by atoms with E-state index in [1.54, 1.807) is 16.9 Å². The van der Waals surface area contributed by atoms with Crippen molar-refractivity contribution >= 4 is 33.2 Å². The number of aromatic nitrogens is 2. The summed E-state index contributed by atoms with van der Waals surface area (Å²) in [6.45, 7) is 0.550. The molecule has 7 nitrogen and oxygen atoms in total. The second-order valence-corrected chi connectivity index (χ2v) is 6.20. The van der Waals surface area contributed by atoms with E-state index in [1.807, 2.05) is 24.3 Å². The zero-order chi connectivity index (χ0) is 17.8. The van der Waals surface area contributed by atoms with E-state index >= 15 is 0 Å². The number of rotatable bonds is 5. The molecule has 0 aliphatic rings. The van der Waals surface area contributed by atoms with Gasteiger partial charge >= 0.3 is 0 Å². The zero-order valence-electron chi connectivity index (χ0n) is 12.9. The molecule has 0 radical (unpaired) electrons. The largest absolute Gasteiger partial charge is 0.319 e. The molecule has 1 heterocycles. The van der Waals surface area contributed by atoms with Crippen molar-refractivity contribution in [3.63, 3.8) is 0 Å². The molecule has 0 aliphatic heterocycles. The highest BCUT2D eigenvalue weighted by molar-refractivity contribution is 9.10. The molecule has 0 saturated carbocycles. The first-order chi connectivity index (χ1) is 12.0. The van der Waals surface area contributed by atoms with Crippen molar-refractivity contribution in [1.82, 2.24) is 9.78 Å². The lowest BCUT2D eigenvalue weighted by Crippen LogP contribution is -2.13. The van der Waals surface area contributed by atoms with E-state index < -0.39 is 10.8 Å². The number of para-hydroxylation sites is 1. The van der Waals surface area contributed by atoms with Crippen LogP contribution in [0.3, 0.4) is 0 Å². The van der Waals surface area contributed by atoms with Gasteiger partial charge in [-0.15, -0.1) is 0 Å². The van der Waals surface area contributed by atoms with Gasteiger partial charge in [0, 0.05) is 16.7 Å². The Morgan fingerprint density at radius 2 is 1.92 bits per heavy atom. The first-order valence-electron chi connectivity index (χ1n) is 7.34. The van der Waals surface area contributed by atoms with Crippen LogP contribution in [0.4, 0.5) is 11.4 Å². The van der Waals surface area contributed by atoms with E-state index in [0.717, 1.165) is 10.0 Å². The maximum atomic E-state index is 12.3. The minimum absolute atomic E-state index is 0.00756. The number of carbonyl (C=O) groups is 1. The molecule has 1 N–H and O–H groups in total. The molecule has 3 aromatic rings. The number of amides is 1. The molecule has 0 aliphatic carbocycles. The topological polar surface area (TPSA) is 90.1 Å². The maximum Gasteiger partial charge on any atom is 0.282 e. The smallest absolute Gasteiger partial charge is 0.282 e. The highest BCUT2D eigenvalue weighted by Crippen LogP contribution is 2.19. The van der Waals surface area contributed by atoms with Gasteiger partial charge in [0.1, 0.15) is 5.56 Å². The van der Waals surface area contributed by atoms with Crippen LogP contribution in [-0.2, 0) is 6.54 Å². The number of benzene rings is 2. The summed E-state index contributed by atoms with van der Waals surface area (Å²) in [5.41, 5.74) is 1.30. The summed E-state index contributed by atoms with van der Waals surface area (Å²) in [4.78, 5) is 22.7. The Hall–Kier alpha value is -3.00. The Balaban J connectivity index is 1.72. The van der Waals surface area contributed by atoms with Crippen molar-refractivity contribution in [1.29, 1.82) is 0 Å². The lowest BCUT2D eigenvalue weighted by Gasteiger charge is -2.04. The molecule has 0 fully saturated rings. The quantitative estimate of drug-likeness (QED) is 0.519. The highest BCUT2D eigenvalue weighted by Gasteiger charge is 2.19. The van der Waals surface area contributed by atoms with Crippen molar-refractivity contribution in [2.24, 2.45) is 0 Å². The molecule has 25 heavy (non-hydrogen) atoms.